The lowest BCUT2D eigenvalue weighted by atomic mass is 10.3. The lowest BCUT2D eigenvalue weighted by Gasteiger charge is -2.05. The van der Waals surface area contributed by atoms with Gasteiger partial charge >= 0.3 is 0 Å². The van der Waals surface area contributed by atoms with Crippen LogP contribution in [0.4, 0.5) is 5.82 Å². The fraction of sp³-hybridized carbons (Fsp3) is 0.200. The van der Waals surface area contributed by atoms with Gasteiger partial charge in [-0.2, -0.15) is 5.10 Å². The van der Waals surface area contributed by atoms with E-state index in [1.807, 2.05) is 23.7 Å². The Morgan fingerprint density at radius 3 is 2.75 bits per heavy atom. The van der Waals surface area contributed by atoms with Crippen LogP contribution in [0.2, 0.25) is 5.02 Å². The number of hydrazine groups is 1. The van der Waals surface area contributed by atoms with Gasteiger partial charge in [-0.3, -0.25) is 4.68 Å². The first kappa shape index (κ1) is 10.9. The Hall–Kier alpha value is -1.59. The second-order valence-electron chi connectivity index (χ2n) is 3.43. The van der Waals surface area contributed by atoms with Gasteiger partial charge in [0.15, 0.2) is 0 Å². The van der Waals surface area contributed by atoms with E-state index >= 15 is 0 Å². The first-order valence-corrected chi connectivity index (χ1v) is 5.18. The summed E-state index contributed by atoms with van der Waals surface area (Å²) in [5.41, 5.74) is 4.47. The number of hydrogen-bond donors (Lipinski definition) is 2. The van der Waals surface area contributed by atoms with Crippen LogP contribution in [0, 0.1) is 6.92 Å². The van der Waals surface area contributed by atoms with E-state index in [0.29, 0.717) is 17.4 Å². The number of aromatic nitrogens is 3. The molecule has 0 fully saturated rings. The molecular weight excluding hydrogens is 226 g/mol. The van der Waals surface area contributed by atoms with Crippen LogP contribution in [0.15, 0.2) is 24.5 Å². The van der Waals surface area contributed by atoms with Crippen molar-refractivity contribution in [2.24, 2.45) is 5.84 Å². The highest BCUT2D eigenvalue weighted by Gasteiger charge is 2.04. The van der Waals surface area contributed by atoms with Gasteiger partial charge in [-0.1, -0.05) is 17.7 Å². The number of nitrogen functional groups attached to an aromatic ring is 1. The lowest BCUT2D eigenvalue weighted by Crippen LogP contribution is -2.09. The number of rotatable bonds is 3. The van der Waals surface area contributed by atoms with Crippen LogP contribution >= 0.6 is 11.6 Å². The molecule has 84 valence electrons. The van der Waals surface area contributed by atoms with E-state index in [-0.39, 0.29) is 0 Å². The Labute approximate surface area is 98.2 Å². The number of hydrogen-bond acceptors (Lipinski definition) is 4. The third-order valence-electron chi connectivity index (χ3n) is 2.35. The molecular formula is C10H12ClN5. The van der Waals surface area contributed by atoms with E-state index in [0.717, 1.165) is 11.3 Å². The highest BCUT2D eigenvalue weighted by Crippen LogP contribution is 2.14. The zero-order valence-corrected chi connectivity index (χ0v) is 9.57. The van der Waals surface area contributed by atoms with Gasteiger partial charge in [0.25, 0.3) is 0 Å². The quantitative estimate of drug-likeness (QED) is 0.628. The number of pyridine rings is 1. The molecule has 5 nitrogen and oxygen atoms in total. The Morgan fingerprint density at radius 2 is 2.25 bits per heavy atom. The van der Waals surface area contributed by atoms with Crippen molar-refractivity contribution >= 4 is 17.4 Å². The summed E-state index contributed by atoms with van der Waals surface area (Å²) >= 11 is 5.92. The van der Waals surface area contributed by atoms with E-state index in [1.165, 1.54) is 0 Å². The van der Waals surface area contributed by atoms with Crippen molar-refractivity contribution in [3.63, 3.8) is 0 Å². The molecule has 0 bridgehead atoms. The number of nitrogens with zero attached hydrogens (tertiary/aromatic N) is 3. The molecule has 0 atom stereocenters. The van der Waals surface area contributed by atoms with Crippen LogP contribution in [0.1, 0.15) is 11.3 Å². The normalized spacial score (nSPS) is 10.4. The topological polar surface area (TPSA) is 68.8 Å². The van der Waals surface area contributed by atoms with Gasteiger partial charge in [0.05, 0.1) is 23.5 Å². The Bertz CT molecular complexity index is 476. The zero-order valence-electron chi connectivity index (χ0n) is 8.81. The Kier molecular flexibility index (Phi) is 3.07. The van der Waals surface area contributed by atoms with Gasteiger partial charge < -0.3 is 5.43 Å². The van der Waals surface area contributed by atoms with Crippen LogP contribution in [-0.2, 0) is 6.54 Å². The maximum absolute atomic E-state index is 5.92. The van der Waals surface area contributed by atoms with E-state index in [2.05, 4.69) is 15.5 Å². The fourth-order valence-electron chi connectivity index (χ4n) is 1.36. The van der Waals surface area contributed by atoms with Crippen LogP contribution < -0.4 is 11.3 Å². The number of halogens is 1. The molecule has 2 rings (SSSR count). The molecule has 16 heavy (non-hydrogen) atoms. The predicted molar refractivity (Wildman–Crippen MR) is 63.1 cm³/mol. The predicted octanol–water partition coefficient (Wildman–Crippen LogP) is 1.57. The van der Waals surface area contributed by atoms with Crippen molar-refractivity contribution < 1.29 is 0 Å². The molecule has 2 aromatic heterocycles. The van der Waals surface area contributed by atoms with E-state index in [9.17, 15) is 0 Å². The maximum Gasteiger partial charge on any atom is 0.139 e. The molecule has 0 amide bonds. The molecule has 3 N–H and O–H groups in total. The third-order valence-corrected chi connectivity index (χ3v) is 2.72. The van der Waals surface area contributed by atoms with Crippen molar-refractivity contribution in [3.05, 3.63) is 40.8 Å². The third kappa shape index (κ3) is 2.15. The molecule has 0 saturated heterocycles. The molecule has 0 spiro atoms. The van der Waals surface area contributed by atoms with Crippen molar-refractivity contribution in [2.75, 3.05) is 5.43 Å². The highest BCUT2D eigenvalue weighted by atomic mass is 35.5. The average Bonchev–Trinajstić information content (AvgIpc) is 2.62. The SMILES string of the molecule is Cc1c(Cl)cnn1Cc1ccc(NN)nc1. The zero-order chi connectivity index (χ0) is 11.5. The molecule has 0 aliphatic rings. The molecule has 0 aliphatic heterocycles. The average molecular weight is 238 g/mol. The van der Waals surface area contributed by atoms with Crippen molar-refractivity contribution in [2.45, 2.75) is 13.5 Å². The second-order valence-corrected chi connectivity index (χ2v) is 3.84. The number of nitrogens with two attached hydrogens (primary N) is 1. The molecule has 2 heterocycles. The molecule has 0 unspecified atom stereocenters. The van der Waals surface area contributed by atoms with Crippen molar-refractivity contribution in [1.29, 1.82) is 0 Å². The minimum absolute atomic E-state index is 0.638. The standard InChI is InChI=1S/C10H12ClN5/c1-7-9(11)5-14-16(7)6-8-2-3-10(15-12)13-4-8/h2-5H,6,12H2,1H3,(H,13,15). The first-order valence-electron chi connectivity index (χ1n) is 4.80. The van der Waals surface area contributed by atoms with Crippen LogP contribution in [0.5, 0.6) is 0 Å². The monoisotopic (exact) mass is 237 g/mol. The van der Waals surface area contributed by atoms with E-state index in [1.54, 1.807) is 12.4 Å². The van der Waals surface area contributed by atoms with E-state index in [4.69, 9.17) is 17.4 Å². The summed E-state index contributed by atoms with van der Waals surface area (Å²) in [6.07, 6.45) is 3.39. The molecule has 0 aromatic carbocycles. The molecule has 6 heteroatoms. The highest BCUT2D eigenvalue weighted by molar-refractivity contribution is 6.31. The molecule has 0 aliphatic carbocycles. The molecule has 2 aromatic rings. The summed E-state index contributed by atoms with van der Waals surface area (Å²) < 4.78 is 1.83. The van der Waals surface area contributed by atoms with Crippen LogP contribution in [0.3, 0.4) is 0 Å². The van der Waals surface area contributed by atoms with Gasteiger partial charge in [-0.05, 0) is 18.6 Å². The molecule has 0 saturated carbocycles. The summed E-state index contributed by atoms with van der Waals surface area (Å²) in [4.78, 5) is 4.12. The number of anilines is 1. The summed E-state index contributed by atoms with van der Waals surface area (Å²) in [5, 5.41) is 4.84. The summed E-state index contributed by atoms with van der Waals surface area (Å²) in [5.74, 6) is 5.87. The minimum atomic E-state index is 0.638. The molecule has 0 radical (unpaired) electrons. The number of nitrogens with one attached hydrogen (secondary N) is 1. The van der Waals surface area contributed by atoms with Crippen molar-refractivity contribution in [3.8, 4) is 0 Å². The van der Waals surface area contributed by atoms with Crippen LogP contribution in [0.25, 0.3) is 0 Å². The van der Waals surface area contributed by atoms with Gasteiger partial charge in [0.1, 0.15) is 5.82 Å². The Balaban J connectivity index is 2.17. The first-order chi connectivity index (χ1) is 7.70. The largest absolute Gasteiger partial charge is 0.308 e. The van der Waals surface area contributed by atoms with Crippen molar-refractivity contribution in [1.82, 2.24) is 14.8 Å². The summed E-state index contributed by atoms with van der Waals surface area (Å²) in [6.45, 7) is 2.58. The fourth-order valence-corrected chi connectivity index (χ4v) is 1.50. The van der Waals surface area contributed by atoms with Crippen LogP contribution in [-0.4, -0.2) is 14.8 Å². The smallest absolute Gasteiger partial charge is 0.139 e. The summed E-state index contributed by atoms with van der Waals surface area (Å²) in [7, 11) is 0. The van der Waals surface area contributed by atoms with Gasteiger partial charge in [0.2, 0.25) is 0 Å². The minimum Gasteiger partial charge on any atom is -0.308 e. The lowest BCUT2D eigenvalue weighted by molar-refractivity contribution is 0.663. The van der Waals surface area contributed by atoms with Gasteiger partial charge in [0, 0.05) is 6.20 Å². The Morgan fingerprint density at radius 1 is 1.44 bits per heavy atom. The van der Waals surface area contributed by atoms with Gasteiger partial charge in [-0.15, -0.1) is 0 Å². The summed E-state index contributed by atoms with van der Waals surface area (Å²) in [6, 6.07) is 3.76. The van der Waals surface area contributed by atoms with Gasteiger partial charge in [-0.25, -0.2) is 10.8 Å². The second kappa shape index (κ2) is 4.51. The maximum atomic E-state index is 5.92. The van der Waals surface area contributed by atoms with E-state index < -0.39 is 0 Å².